The molecule has 1 unspecified atom stereocenters. The molecule has 2 nitrogen and oxygen atoms in total. The van der Waals surface area contributed by atoms with Crippen LogP contribution in [0.15, 0.2) is 11.4 Å². The molecule has 0 saturated carbocycles. The Morgan fingerprint density at radius 1 is 1.62 bits per heavy atom. The molecule has 0 bridgehead atoms. The Balaban J connectivity index is 2.81. The van der Waals surface area contributed by atoms with E-state index in [-0.39, 0.29) is 5.25 Å². The predicted octanol–water partition coefficient (Wildman–Crippen LogP) is 2.94. The Morgan fingerprint density at radius 3 is 2.85 bits per heavy atom. The van der Waals surface area contributed by atoms with Crippen molar-refractivity contribution in [3.05, 3.63) is 21.9 Å². The first-order valence-corrected chi connectivity index (χ1v) is 5.87. The van der Waals surface area contributed by atoms with Crippen molar-refractivity contribution in [1.82, 2.24) is 0 Å². The van der Waals surface area contributed by atoms with Gasteiger partial charge in [-0.05, 0) is 23.3 Å². The Bertz CT molecular complexity index is 356. The average molecular weight is 208 g/mol. The molecule has 66 valence electrons. The highest BCUT2D eigenvalue weighted by Gasteiger charge is 2.11. The first-order chi connectivity index (χ1) is 6.31. The summed E-state index contributed by atoms with van der Waals surface area (Å²) in [6.07, 6.45) is 2.48. The van der Waals surface area contributed by atoms with Crippen LogP contribution in [0.3, 0.4) is 0 Å². The van der Waals surface area contributed by atoms with E-state index >= 15 is 0 Å². The zero-order valence-electron chi connectivity index (χ0n) is 7.15. The van der Waals surface area contributed by atoms with Crippen molar-refractivity contribution >= 4 is 23.1 Å². The summed E-state index contributed by atoms with van der Waals surface area (Å²) in [6.45, 7) is 0. The number of rotatable bonds is 3. The van der Waals surface area contributed by atoms with Crippen molar-refractivity contribution in [2.75, 3.05) is 6.26 Å². The van der Waals surface area contributed by atoms with Crippen LogP contribution in [0.5, 0.6) is 0 Å². The fraction of sp³-hybridized carbons (Fsp3) is 0.333. The molecule has 1 heterocycles. The van der Waals surface area contributed by atoms with E-state index in [1.165, 1.54) is 11.3 Å². The summed E-state index contributed by atoms with van der Waals surface area (Å²) in [4.78, 5) is 0.715. The minimum Gasteiger partial charge on any atom is -0.198 e. The maximum Gasteiger partial charge on any atom is 0.110 e. The van der Waals surface area contributed by atoms with E-state index in [9.17, 15) is 0 Å². The first kappa shape index (κ1) is 10.1. The van der Waals surface area contributed by atoms with Gasteiger partial charge in [-0.1, -0.05) is 0 Å². The third-order valence-corrected chi connectivity index (χ3v) is 3.52. The van der Waals surface area contributed by atoms with E-state index in [0.717, 1.165) is 5.56 Å². The highest BCUT2D eigenvalue weighted by molar-refractivity contribution is 7.98. The molecule has 0 N–H and O–H groups in total. The molecule has 1 atom stereocenters. The van der Waals surface area contributed by atoms with Crippen LogP contribution in [0.25, 0.3) is 0 Å². The third-order valence-electron chi connectivity index (χ3n) is 1.66. The smallest absolute Gasteiger partial charge is 0.110 e. The summed E-state index contributed by atoms with van der Waals surface area (Å²) in [7, 11) is 0. The normalized spacial score (nSPS) is 11.6. The molecular weight excluding hydrogens is 200 g/mol. The number of thioether (sulfide) groups is 1. The maximum atomic E-state index is 8.62. The van der Waals surface area contributed by atoms with Gasteiger partial charge >= 0.3 is 0 Å². The second-order valence-corrected chi connectivity index (χ2v) is 4.39. The van der Waals surface area contributed by atoms with Crippen molar-refractivity contribution in [2.45, 2.75) is 11.7 Å². The molecule has 0 radical (unpaired) electrons. The molecule has 0 aliphatic carbocycles. The van der Waals surface area contributed by atoms with Gasteiger partial charge < -0.3 is 0 Å². The summed E-state index contributed by atoms with van der Waals surface area (Å²) in [6, 6.07) is 6.10. The lowest BCUT2D eigenvalue weighted by molar-refractivity contribution is 0.989. The molecule has 0 aliphatic rings. The lowest BCUT2D eigenvalue weighted by Gasteiger charge is -2.06. The number of nitrogens with zero attached hydrogens (tertiary/aromatic N) is 2. The van der Waals surface area contributed by atoms with Crippen molar-refractivity contribution in [3.8, 4) is 12.1 Å². The molecular formula is C9H8N2S2. The number of hydrogen-bond acceptors (Lipinski definition) is 4. The number of thiophene rings is 1. The van der Waals surface area contributed by atoms with E-state index in [0.29, 0.717) is 11.3 Å². The van der Waals surface area contributed by atoms with Crippen LogP contribution < -0.4 is 0 Å². The second kappa shape index (κ2) is 4.91. The Hall–Kier alpha value is -0.970. The predicted molar refractivity (Wildman–Crippen MR) is 55.5 cm³/mol. The zero-order valence-corrected chi connectivity index (χ0v) is 8.78. The largest absolute Gasteiger partial charge is 0.198 e. The molecule has 1 aromatic rings. The van der Waals surface area contributed by atoms with Crippen LogP contribution in [0.1, 0.15) is 22.1 Å². The van der Waals surface area contributed by atoms with Gasteiger partial charge in [0.15, 0.2) is 0 Å². The minimum absolute atomic E-state index is 0.211. The Kier molecular flexibility index (Phi) is 3.82. The van der Waals surface area contributed by atoms with Crippen LogP contribution in [-0.4, -0.2) is 6.26 Å². The van der Waals surface area contributed by atoms with Gasteiger partial charge in [-0.2, -0.15) is 22.3 Å². The highest BCUT2D eigenvalue weighted by Crippen LogP contribution is 2.32. The van der Waals surface area contributed by atoms with Crippen molar-refractivity contribution in [3.63, 3.8) is 0 Å². The van der Waals surface area contributed by atoms with Gasteiger partial charge in [0.1, 0.15) is 10.9 Å². The van der Waals surface area contributed by atoms with Crippen LogP contribution in [0.4, 0.5) is 0 Å². The minimum atomic E-state index is 0.211. The van der Waals surface area contributed by atoms with Gasteiger partial charge in [-0.3, -0.25) is 0 Å². The maximum absolute atomic E-state index is 8.62. The van der Waals surface area contributed by atoms with Gasteiger partial charge in [0.05, 0.1) is 12.5 Å². The topological polar surface area (TPSA) is 47.6 Å². The van der Waals surface area contributed by atoms with Crippen molar-refractivity contribution in [2.24, 2.45) is 0 Å². The summed E-state index contributed by atoms with van der Waals surface area (Å²) in [5.74, 6) is 0. The van der Waals surface area contributed by atoms with E-state index in [2.05, 4.69) is 12.1 Å². The van der Waals surface area contributed by atoms with Gasteiger partial charge in [-0.15, -0.1) is 11.3 Å². The molecule has 0 aliphatic heterocycles. The van der Waals surface area contributed by atoms with Crippen LogP contribution in [-0.2, 0) is 0 Å². The Morgan fingerprint density at radius 2 is 2.38 bits per heavy atom. The lowest BCUT2D eigenvalue weighted by atomic mass is 10.2. The monoisotopic (exact) mass is 208 g/mol. The molecule has 1 rings (SSSR count). The Labute approximate surface area is 85.8 Å². The molecule has 0 aromatic carbocycles. The van der Waals surface area contributed by atoms with Crippen LogP contribution in [0.2, 0.25) is 0 Å². The second-order valence-electron chi connectivity index (χ2n) is 2.44. The standard InChI is InChI=1S/C9H8N2S2/c1-12-9(2-3-10)7-4-8(5-11)13-6-7/h4,6,9H,2H2,1H3. The fourth-order valence-electron chi connectivity index (χ4n) is 0.999. The molecule has 13 heavy (non-hydrogen) atoms. The fourth-order valence-corrected chi connectivity index (χ4v) is 2.49. The first-order valence-electron chi connectivity index (χ1n) is 3.70. The van der Waals surface area contributed by atoms with Crippen LogP contribution >= 0.6 is 23.1 Å². The van der Waals surface area contributed by atoms with E-state index in [1.807, 2.05) is 17.7 Å². The zero-order chi connectivity index (χ0) is 9.68. The SMILES string of the molecule is CSC(CC#N)c1csc(C#N)c1. The number of hydrogen-bond donors (Lipinski definition) is 0. The van der Waals surface area contributed by atoms with Crippen molar-refractivity contribution in [1.29, 1.82) is 10.5 Å². The molecule has 0 spiro atoms. The van der Waals surface area contributed by atoms with E-state index < -0.39 is 0 Å². The van der Waals surface area contributed by atoms with Gasteiger partial charge in [0.2, 0.25) is 0 Å². The van der Waals surface area contributed by atoms with Gasteiger partial charge in [0.25, 0.3) is 0 Å². The molecule has 4 heteroatoms. The van der Waals surface area contributed by atoms with E-state index in [1.54, 1.807) is 11.8 Å². The van der Waals surface area contributed by atoms with Gasteiger partial charge in [-0.25, -0.2) is 0 Å². The van der Waals surface area contributed by atoms with E-state index in [4.69, 9.17) is 10.5 Å². The third kappa shape index (κ3) is 2.48. The number of nitriles is 2. The van der Waals surface area contributed by atoms with Gasteiger partial charge in [0, 0.05) is 5.25 Å². The average Bonchev–Trinajstić information content (AvgIpc) is 2.62. The van der Waals surface area contributed by atoms with Crippen LogP contribution in [0, 0.1) is 22.7 Å². The molecule has 0 fully saturated rings. The van der Waals surface area contributed by atoms with Crippen molar-refractivity contribution < 1.29 is 0 Å². The summed E-state index contributed by atoms with van der Waals surface area (Å²) >= 11 is 3.08. The highest BCUT2D eigenvalue weighted by atomic mass is 32.2. The summed E-state index contributed by atoms with van der Waals surface area (Å²) in [5, 5.41) is 19.4. The molecule has 0 amide bonds. The molecule has 0 saturated heterocycles. The summed E-state index contributed by atoms with van der Waals surface area (Å²) in [5.41, 5.74) is 1.09. The lowest BCUT2D eigenvalue weighted by Crippen LogP contribution is -1.88. The molecule has 1 aromatic heterocycles. The summed E-state index contributed by atoms with van der Waals surface area (Å²) < 4.78 is 0. The quantitative estimate of drug-likeness (QED) is 0.767.